The highest BCUT2D eigenvalue weighted by atomic mass is 16.5. The summed E-state index contributed by atoms with van der Waals surface area (Å²) in [6.45, 7) is 8.78. The lowest BCUT2D eigenvalue weighted by molar-refractivity contribution is -0.118. The van der Waals surface area contributed by atoms with E-state index in [4.69, 9.17) is 14.5 Å². The van der Waals surface area contributed by atoms with Crippen LogP contribution in [-0.2, 0) is 11.3 Å². The van der Waals surface area contributed by atoms with Gasteiger partial charge < -0.3 is 19.4 Å². The molecule has 3 aromatic rings. The van der Waals surface area contributed by atoms with E-state index in [2.05, 4.69) is 22.5 Å². The average molecular weight is 408 g/mol. The third-order valence-electron chi connectivity index (χ3n) is 4.89. The van der Waals surface area contributed by atoms with Crippen molar-refractivity contribution in [2.24, 2.45) is 0 Å². The number of rotatable bonds is 10. The summed E-state index contributed by atoms with van der Waals surface area (Å²) >= 11 is 0. The molecule has 1 N–H and O–H groups in total. The average Bonchev–Trinajstić information content (AvgIpc) is 3.12. The Balaban J connectivity index is 1.64. The Morgan fingerprint density at radius 2 is 1.93 bits per heavy atom. The third kappa shape index (κ3) is 5.20. The van der Waals surface area contributed by atoms with Gasteiger partial charge in [-0.1, -0.05) is 24.8 Å². The normalized spacial score (nSPS) is 11.8. The van der Waals surface area contributed by atoms with Crippen molar-refractivity contribution in [2.45, 2.75) is 39.3 Å². The first kappa shape index (κ1) is 21.4. The Bertz CT molecular complexity index is 1030. The van der Waals surface area contributed by atoms with Crippen LogP contribution in [0.5, 0.6) is 11.5 Å². The number of nitrogens with one attached hydrogen (secondary N) is 1. The van der Waals surface area contributed by atoms with E-state index < -0.39 is 0 Å². The topological polar surface area (TPSA) is 65.4 Å². The van der Waals surface area contributed by atoms with Gasteiger partial charge in [-0.15, -0.1) is 0 Å². The lowest BCUT2D eigenvalue weighted by atomic mass is 10.2. The fraction of sp³-hybridized carbons (Fsp3) is 0.333. The molecule has 0 fully saturated rings. The van der Waals surface area contributed by atoms with Crippen LogP contribution >= 0.6 is 0 Å². The largest absolute Gasteiger partial charge is 0.497 e. The predicted octanol–water partition coefficient (Wildman–Crippen LogP) is 4.66. The van der Waals surface area contributed by atoms with Crippen LogP contribution in [0.1, 0.15) is 38.6 Å². The first-order valence-electron chi connectivity index (χ1n) is 10.2. The van der Waals surface area contributed by atoms with Crippen molar-refractivity contribution in [3.05, 3.63) is 66.5 Å². The molecule has 0 aliphatic carbocycles. The van der Waals surface area contributed by atoms with Crippen LogP contribution in [0.2, 0.25) is 0 Å². The van der Waals surface area contributed by atoms with Crippen molar-refractivity contribution in [2.75, 3.05) is 13.7 Å². The highest BCUT2D eigenvalue weighted by Crippen LogP contribution is 2.22. The molecule has 3 rings (SSSR count). The number of imidazole rings is 1. The molecular formula is C24H29N3O3. The molecule has 158 valence electrons. The summed E-state index contributed by atoms with van der Waals surface area (Å²) in [5, 5.41) is 2.97. The molecule has 0 spiro atoms. The third-order valence-corrected chi connectivity index (χ3v) is 4.89. The van der Waals surface area contributed by atoms with E-state index in [9.17, 15) is 4.79 Å². The summed E-state index contributed by atoms with van der Waals surface area (Å²) in [6.07, 6.45) is 1.83. The van der Waals surface area contributed by atoms with E-state index in [1.165, 1.54) is 0 Å². The van der Waals surface area contributed by atoms with Crippen LogP contribution < -0.4 is 14.8 Å². The van der Waals surface area contributed by atoms with Gasteiger partial charge in [0.25, 0.3) is 0 Å². The summed E-state index contributed by atoms with van der Waals surface area (Å²) in [5.74, 6) is 2.28. The Kier molecular flexibility index (Phi) is 7.12. The SMILES string of the molecule is C=C(C)C(=O)NC(C)c1nc2ccccc2n1CCCCOc1cccc(OC)c1. The zero-order valence-electron chi connectivity index (χ0n) is 17.9. The first-order chi connectivity index (χ1) is 14.5. The molecule has 0 saturated carbocycles. The Morgan fingerprint density at radius 1 is 1.17 bits per heavy atom. The molecule has 1 heterocycles. The van der Waals surface area contributed by atoms with Gasteiger partial charge in [0.05, 0.1) is 30.8 Å². The monoisotopic (exact) mass is 407 g/mol. The molecule has 6 nitrogen and oxygen atoms in total. The zero-order chi connectivity index (χ0) is 21.5. The minimum atomic E-state index is -0.213. The minimum Gasteiger partial charge on any atom is -0.497 e. The maximum absolute atomic E-state index is 12.1. The number of carbonyl (C=O) groups is 1. The number of para-hydroxylation sites is 2. The lowest BCUT2D eigenvalue weighted by Gasteiger charge is -2.16. The Morgan fingerprint density at radius 3 is 2.70 bits per heavy atom. The molecule has 0 aliphatic rings. The second-order valence-corrected chi connectivity index (χ2v) is 7.32. The molecule has 1 unspecified atom stereocenters. The summed E-state index contributed by atoms with van der Waals surface area (Å²) < 4.78 is 13.2. The standard InChI is InChI=1S/C24H29N3O3/c1-17(2)24(28)25-18(3)23-26-21-12-5-6-13-22(21)27(23)14-7-8-15-30-20-11-9-10-19(16-20)29-4/h5-6,9-13,16,18H,1,7-8,14-15H2,2-4H3,(H,25,28). The Labute approximate surface area is 177 Å². The van der Waals surface area contributed by atoms with Gasteiger partial charge in [-0.25, -0.2) is 4.98 Å². The van der Waals surface area contributed by atoms with Crippen molar-refractivity contribution >= 4 is 16.9 Å². The Hall–Kier alpha value is -3.28. The van der Waals surface area contributed by atoms with Crippen LogP contribution in [0.4, 0.5) is 0 Å². The molecule has 0 bridgehead atoms. The number of ether oxygens (including phenoxy) is 2. The van der Waals surface area contributed by atoms with Gasteiger partial charge in [-0.2, -0.15) is 0 Å². The lowest BCUT2D eigenvalue weighted by Crippen LogP contribution is -2.29. The van der Waals surface area contributed by atoms with Gasteiger partial charge in [0.2, 0.25) is 5.91 Å². The molecule has 0 aliphatic heterocycles. The van der Waals surface area contributed by atoms with Crippen molar-refractivity contribution in [3.8, 4) is 11.5 Å². The molecule has 0 radical (unpaired) electrons. The molecule has 6 heteroatoms. The summed E-state index contributed by atoms with van der Waals surface area (Å²) in [4.78, 5) is 16.8. The second-order valence-electron chi connectivity index (χ2n) is 7.32. The molecule has 1 atom stereocenters. The maximum atomic E-state index is 12.1. The number of unbranched alkanes of at least 4 members (excludes halogenated alkanes) is 1. The molecule has 2 aromatic carbocycles. The number of benzene rings is 2. The number of hydrogen-bond acceptors (Lipinski definition) is 4. The fourth-order valence-electron chi connectivity index (χ4n) is 3.30. The van der Waals surface area contributed by atoms with Gasteiger partial charge in [0, 0.05) is 18.2 Å². The number of carbonyl (C=O) groups excluding carboxylic acids is 1. The van der Waals surface area contributed by atoms with E-state index in [1.807, 2.05) is 49.4 Å². The number of methoxy groups -OCH3 is 1. The van der Waals surface area contributed by atoms with E-state index in [0.29, 0.717) is 12.2 Å². The summed E-state index contributed by atoms with van der Waals surface area (Å²) in [5.41, 5.74) is 2.48. The summed E-state index contributed by atoms with van der Waals surface area (Å²) in [7, 11) is 1.64. The number of nitrogens with zero attached hydrogens (tertiary/aromatic N) is 2. The van der Waals surface area contributed by atoms with E-state index in [0.717, 1.165) is 47.7 Å². The van der Waals surface area contributed by atoms with Gasteiger partial charge in [-0.3, -0.25) is 4.79 Å². The quantitative estimate of drug-likeness (QED) is 0.392. The summed E-state index contributed by atoms with van der Waals surface area (Å²) in [6, 6.07) is 15.4. The minimum absolute atomic E-state index is 0.159. The predicted molar refractivity (Wildman–Crippen MR) is 119 cm³/mol. The first-order valence-corrected chi connectivity index (χ1v) is 10.2. The number of fused-ring (bicyclic) bond motifs is 1. The van der Waals surface area contributed by atoms with E-state index >= 15 is 0 Å². The van der Waals surface area contributed by atoms with Crippen LogP contribution in [0.3, 0.4) is 0 Å². The highest BCUT2D eigenvalue weighted by molar-refractivity contribution is 5.92. The second kappa shape index (κ2) is 9.96. The number of aromatic nitrogens is 2. The molecule has 0 saturated heterocycles. The number of hydrogen-bond donors (Lipinski definition) is 1. The highest BCUT2D eigenvalue weighted by Gasteiger charge is 2.18. The van der Waals surface area contributed by atoms with Crippen molar-refractivity contribution in [3.63, 3.8) is 0 Å². The number of amides is 1. The fourth-order valence-corrected chi connectivity index (χ4v) is 3.30. The smallest absolute Gasteiger partial charge is 0.246 e. The van der Waals surface area contributed by atoms with E-state index in [-0.39, 0.29) is 11.9 Å². The van der Waals surface area contributed by atoms with Crippen LogP contribution in [0.25, 0.3) is 11.0 Å². The van der Waals surface area contributed by atoms with Crippen LogP contribution in [-0.4, -0.2) is 29.2 Å². The van der Waals surface area contributed by atoms with Gasteiger partial charge in [-0.05, 0) is 51.0 Å². The van der Waals surface area contributed by atoms with Crippen molar-refractivity contribution in [1.29, 1.82) is 0 Å². The number of aryl methyl sites for hydroxylation is 1. The van der Waals surface area contributed by atoms with Crippen LogP contribution in [0.15, 0.2) is 60.7 Å². The maximum Gasteiger partial charge on any atom is 0.246 e. The van der Waals surface area contributed by atoms with Gasteiger partial charge in [0.1, 0.15) is 17.3 Å². The van der Waals surface area contributed by atoms with E-state index in [1.54, 1.807) is 14.0 Å². The zero-order valence-corrected chi connectivity index (χ0v) is 17.9. The van der Waals surface area contributed by atoms with Crippen molar-refractivity contribution < 1.29 is 14.3 Å². The molecule has 1 aromatic heterocycles. The van der Waals surface area contributed by atoms with Gasteiger partial charge in [0.15, 0.2) is 0 Å². The molecule has 1 amide bonds. The van der Waals surface area contributed by atoms with Gasteiger partial charge >= 0.3 is 0 Å². The molecular weight excluding hydrogens is 378 g/mol. The molecule has 30 heavy (non-hydrogen) atoms. The van der Waals surface area contributed by atoms with Crippen LogP contribution in [0, 0.1) is 0 Å². The van der Waals surface area contributed by atoms with Crippen molar-refractivity contribution in [1.82, 2.24) is 14.9 Å².